The molecule has 0 radical (unpaired) electrons. The first-order valence-corrected chi connectivity index (χ1v) is 10.3. The lowest BCUT2D eigenvalue weighted by Crippen LogP contribution is -2.27. The SMILES string of the molecule is COc1ccc(-c2cc(C(=O)Nc3cc(C)n(CC(=O)NCc4ccco4)n3)on2)cc1OC. The molecule has 34 heavy (non-hydrogen) atoms. The zero-order chi connectivity index (χ0) is 24.1. The van der Waals surface area contributed by atoms with Gasteiger partial charge in [0.2, 0.25) is 11.7 Å². The van der Waals surface area contributed by atoms with Gasteiger partial charge in [-0.15, -0.1) is 0 Å². The van der Waals surface area contributed by atoms with Gasteiger partial charge in [-0.25, -0.2) is 0 Å². The minimum Gasteiger partial charge on any atom is -0.493 e. The Kier molecular flexibility index (Phi) is 6.62. The average Bonchev–Trinajstić information content (AvgIpc) is 3.59. The van der Waals surface area contributed by atoms with Gasteiger partial charge in [0.1, 0.15) is 18.0 Å². The van der Waals surface area contributed by atoms with Gasteiger partial charge in [0, 0.05) is 23.4 Å². The number of ether oxygens (including phenoxy) is 2. The molecule has 2 amide bonds. The molecule has 0 bridgehead atoms. The van der Waals surface area contributed by atoms with Crippen LogP contribution in [0.4, 0.5) is 5.82 Å². The zero-order valence-corrected chi connectivity index (χ0v) is 18.8. The molecule has 3 heterocycles. The fourth-order valence-corrected chi connectivity index (χ4v) is 3.21. The fraction of sp³-hybridized carbons (Fsp3) is 0.217. The summed E-state index contributed by atoms with van der Waals surface area (Å²) in [6.45, 7) is 2.06. The van der Waals surface area contributed by atoms with Crippen LogP contribution < -0.4 is 20.1 Å². The summed E-state index contributed by atoms with van der Waals surface area (Å²) < 4.78 is 22.4. The predicted molar refractivity (Wildman–Crippen MR) is 121 cm³/mol. The normalized spacial score (nSPS) is 10.7. The van der Waals surface area contributed by atoms with Crippen molar-refractivity contribution in [2.45, 2.75) is 20.0 Å². The van der Waals surface area contributed by atoms with E-state index in [9.17, 15) is 9.59 Å². The molecule has 0 aliphatic heterocycles. The summed E-state index contributed by atoms with van der Waals surface area (Å²) in [7, 11) is 3.08. The molecule has 0 fully saturated rings. The second kappa shape index (κ2) is 9.94. The minimum absolute atomic E-state index is 0.00578. The standard InChI is InChI=1S/C23H23N5O6/c1-14-9-21(26-28(14)13-22(29)24-12-16-5-4-8-33-16)25-23(30)20-11-17(27-34-20)15-6-7-18(31-2)19(10-15)32-3/h4-11H,12-13H2,1-3H3,(H,24,29)(H,25,26,30). The van der Waals surface area contributed by atoms with Crippen molar-refractivity contribution in [2.24, 2.45) is 0 Å². The lowest BCUT2D eigenvalue weighted by atomic mass is 10.1. The number of rotatable bonds is 9. The molecule has 2 N–H and O–H groups in total. The highest BCUT2D eigenvalue weighted by molar-refractivity contribution is 6.02. The van der Waals surface area contributed by atoms with Gasteiger partial charge >= 0.3 is 0 Å². The average molecular weight is 465 g/mol. The molecule has 0 aliphatic rings. The molecule has 0 unspecified atom stereocenters. The highest BCUT2D eigenvalue weighted by Gasteiger charge is 2.18. The molecule has 3 aromatic heterocycles. The van der Waals surface area contributed by atoms with Gasteiger partial charge in [0.15, 0.2) is 17.3 Å². The monoisotopic (exact) mass is 465 g/mol. The maximum absolute atomic E-state index is 12.6. The summed E-state index contributed by atoms with van der Waals surface area (Å²) in [4.78, 5) is 24.8. The van der Waals surface area contributed by atoms with E-state index < -0.39 is 5.91 Å². The maximum Gasteiger partial charge on any atom is 0.295 e. The van der Waals surface area contributed by atoms with E-state index in [0.29, 0.717) is 34.2 Å². The maximum atomic E-state index is 12.6. The number of amides is 2. The lowest BCUT2D eigenvalue weighted by Gasteiger charge is -2.07. The zero-order valence-electron chi connectivity index (χ0n) is 18.8. The first-order chi connectivity index (χ1) is 16.5. The largest absolute Gasteiger partial charge is 0.493 e. The number of nitrogens with one attached hydrogen (secondary N) is 2. The molecule has 4 rings (SSSR count). The summed E-state index contributed by atoms with van der Waals surface area (Å²) in [5, 5.41) is 13.6. The van der Waals surface area contributed by atoms with Crippen molar-refractivity contribution < 1.29 is 28.0 Å². The van der Waals surface area contributed by atoms with E-state index in [1.807, 2.05) is 0 Å². The van der Waals surface area contributed by atoms with Crippen molar-refractivity contribution in [1.29, 1.82) is 0 Å². The third-order valence-electron chi connectivity index (χ3n) is 4.97. The lowest BCUT2D eigenvalue weighted by molar-refractivity contribution is -0.122. The van der Waals surface area contributed by atoms with Gasteiger partial charge < -0.3 is 29.0 Å². The topological polar surface area (TPSA) is 134 Å². The van der Waals surface area contributed by atoms with E-state index in [1.54, 1.807) is 56.7 Å². The van der Waals surface area contributed by atoms with Crippen LogP contribution in [0.3, 0.4) is 0 Å². The summed E-state index contributed by atoms with van der Waals surface area (Å²) >= 11 is 0. The quantitative estimate of drug-likeness (QED) is 0.385. The summed E-state index contributed by atoms with van der Waals surface area (Å²) in [6.07, 6.45) is 1.54. The van der Waals surface area contributed by atoms with E-state index in [1.165, 1.54) is 17.9 Å². The van der Waals surface area contributed by atoms with Crippen LogP contribution in [0.15, 0.2) is 57.7 Å². The van der Waals surface area contributed by atoms with Crippen LogP contribution in [0.25, 0.3) is 11.3 Å². The Morgan fingerprint density at radius 3 is 2.65 bits per heavy atom. The number of hydrogen-bond acceptors (Lipinski definition) is 8. The molecule has 11 heteroatoms. The summed E-state index contributed by atoms with van der Waals surface area (Å²) in [6, 6.07) is 11.9. The summed E-state index contributed by atoms with van der Waals surface area (Å²) in [5.74, 6) is 1.29. The second-order valence-corrected chi connectivity index (χ2v) is 7.28. The van der Waals surface area contributed by atoms with Gasteiger partial charge in [-0.05, 0) is 37.3 Å². The molecular formula is C23H23N5O6. The molecule has 0 saturated heterocycles. The highest BCUT2D eigenvalue weighted by Crippen LogP contribution is 2.32. The van der Waals surface area contributed by atoms with Crippen LogP contribution in [0.5, 0.6) is 11.5 Å². The molecule has 0 atom stereocenters. The molecule has 4 aromatic rings. The number of furan rings is 1. The van der Waals surface area contributed by atoms with Gasteiger partial charge in [0.05, 0.1) is 27.0 Å². The fourth-order valence-electron chi connectivity index (χ4n) is 3.21. The second-order valence-electron chi connectivity index (χ2n) is 7.28. The van der Waals surface area contributed by atoms with Gasteiger partial charge in [-0.2, -0.15) is 5.10 Å². The van der Waals surface area contributed by atoms with Crippen LogP contribution in [0.1, 0.15) is 22.0 Å². The Morgan fingerprint density at radius 2 is 1.91 bits per heavy atom. The van der Waals surface area contributed by atoms with Crippen molar-refractivity contribution in [1.82, 2.24) is 20.3 Å². The molecular weight excluding hydrogens is 442 g/mol. The number of hydrogen-bond donors (Lipinski definition) is 2. The predicted octanol–water partition coefficient (Wildman–Crippen LogP) is 3.03. The number of aromatic nitrogens is 3. The van der Waals surface area contributed by atoms with Crippen LogP contribution >= 0.6 is 0 Å². The van der Waals surface area contributed by atoms with E-state index in [4.69, 9.17) is 18.4 Å². The van der Waals surface area contributed by atoms with Crippen LogP contribution in [-0.2, 0) is 17.9 Å². The highest BCUT2D eigenvalue weighted by atomic mass is 16.5. The van der Waals surface area contributed by atoms with Crippen LogP contribution in [0.2, 0.25) is 0 Å². The number of carbonyl (C=O) groups is 2. The van der Waals surface area contributed by atoms with Crippen LogP contribution in [-0.4, -0.2) is 41.0 Å². The van der Waals surface area contributed by atoms with Gasteiger partial charge in [0.25, 0.3) is 5.91 Å². The third-order valence-corrected chi connectivity index (χ3v) is 4.97. The van der Waals surface area contributed by atoms with Gasteiger partial charge in [-0.3, -0.25) is 14.3 Å². The van der Waals surface area contributed by atoms with Crippen molar-refractivity contribution in [2.75, 3.05) is 19.5 Å². The molecule has 0 aliphatic carbocycles. The first kappa shape index (κ1) is 22.6. The Bertz CT molecular complexity index is 1290. The number of nitrogens with zero attached hydrogens (tertiary/aromatic N) is 3. The Balaban J connectivity index is 1.39. The molecule has 1 aromatic carbocycles. The van der Waals surface area contributed by atoms with Crippen LogP contribution in [0, 0.1) is 6.92 Å². The summed E-state index contributed by atoms with van der Waals surface area (Å²) in [5.41, 5.74) is 1.86. The van der Waals surface area contributed by atoms with E-state index >= 15 is 0 Å². The Labute approximate surface area is 194 Å². The molecule has 0 saturated carbocycles. The van der Waals surface area contributed by atoms with E-state index in [2.05, 4.69) is 20.9 Å². The minimum atomic E-state index is -0.522. The Hall–Kier alpha value is -4.54. The van der Waals surface area contributed by atoms with Crippen molar-refractivity contribution in [3.05, 3.63) is 65.9 Å². The number of methoxy groups -OCH3 is 2. The smallest absolute Gasteiger partial charge is 0.295 e. The first-order valence-electron chi connectivity index (χ1n) is 10.3. The van der Waals surface area contributed by atoms with Crippen molar-refractivity contribution >= 4 is 17.6 Å². The number of anilines is 1. The van der Waals surface area contributed by atoms with E-state index in [-0.39, 0.29) is 30.6 Å². The Morgan fingerprint density at radius 1 is 1.09 bits per heavy atom. The number of benzene rings is 1. The van der Waals surface area contributed by atoms with E-state index in [0.717, 1.165) is 0 Å². The number of aryl methyl sites for hydroxylation is 1. The number of carbonyl (C=O) groups excluding carboxylic acids is 2. The molecule has 11 nitrogen and oxygen atoms in total. The molecule has 176 valence electrons. The van der Waals surface area contributed by atoms with Crippen molar-refractivity contribution in [3.8, 4) is 22.8 Å². The van der Waals surface area contributed by atoms with Gasteiger partial charge in [-0.1, -0.05) is 5.16 Å². The van der Waals surface area contributed by atoms with Crippen molar-refractivity contribution in [3.63, 3.8) is 0 Å². The third kappa shape index (κ3) is 5.09. The molecule has 0 spiro atoms.